The van der Waals surface area contributed by atoms with Gasteiger partial charge in [0.05, 0.1) is 6.61 Å². The fraction of sp³-hybridized carbons (Fsp3) is 0.500. The van der Waals surface area contributed by atoms with E-state index in [0.717, 1.165) is 19.5 Å². The van der Waals surface area contributed by atoms with Gasteiger partial charge in [0.1, 0.15) is 0 Å². The molecule has 0 aliphatic carbocycles. The Balaban J connectivity index is 1.92. The predicted molar refractivity (Wildman–Crippen MR) is 70.9 cm³/mol. The molecule has 0 saturated carbocycles. The number of hydrogen-bond acceptors (Lipinski definition) is 3. The van der Waals surface area contributed by atoms with Crippen LogP contribution in [0.2, 0.25) is 0 Å². The van der Waals surface area contributed by atoms with Crippen LogP contribution in [-0.2, 0) is 0 Å². The van der Waals surface area contributed by atoms with Gasteiger partial charge in [-0.2, -0.15) is 0 Å². The van der Waals surface area contributed by atoms with Crippen molar-refractivity contribution in [2.24, 2.45) is 5.92 Å². The van der Waals surface area contributed by atoms with E-state index in [1.54, 1.807) is 13.0 Å². The molecule has 19 heavy (non-hydrogen) atoms. The second-order valence-electron chi connectivity index (χ2n) is 4.65. The molecule has 1 aromatic rings. The lowest BCUT2D eigenvalue weighted by Crippen LogP contribution is -2.30. The van der Waals surface area contributed by atoms with Crippen LogP contribution in [0, 0.1) is 11.7 Å². The van der Waals surface area contributed by atoms with Gasteiger partial charge in [0.25, 0.3) is 5.91 Å². The first kappa shape index (κ1) is 13.8. The van der Waals surface area contributed by atoms with Crippen molar-refractivity contribution in [2.45, 2.75) is 13.3 Å². The highest BCUT2D eigenvalue weighted by molar-refractivity contribution is 5.94. The summed E-state index contributed by atoms with van der Waals surface area (Å²) >= 11 is 0. The molecule has 1 atom stereocenters. The molecule has 0 radical (unpaired) electrons. The van der Waals surface area contributed by atoms with Crippen molar-refractivity contribution >= 4 is 5.91 Å². The highest BCUT2D eigenvalue weighted by Gasteiger charge is 2.16. The highest BCUT2D eigenvalue weighted by Crippen LogP contribution is 2.18. The van der Waals surface area contributed by atoms with E-state index in [2.05, 4.69) is 10.6 Å². The third-order valence-corrected chi connectivity index (χ3v) is 3.21. The minimum atomic E-state index is -0.503. The van der Waals surface area contributed by atoms with E-state index in [4.69, 9.17) is 4.74 Å². The molecule has 1 amide bonds. The van der Waals surface area contributed by atoms with Gasteiger partial charge in [-0.1, -0.05) is 0 Å². The van der Waals surface area contributed by atoms with Gasteiger partial charge in [0.15, 0.2) is 11.6 Å². The molecule has 1 aromatic carbocycles. The summed E-state index contributed by atoms with van der Waals surface area (Å²) in [7, 11) is 0. The monoisotopic (exact) mass is 266 g/mol. The lowest BCUT2D eigenvalue weighted by atomic mass is 10.1. The van der Waals surface area contributed by atoms with Crippen molar-refractivity contribution in [1.29, 1.82) is 0 Å². The molecule has 2 rings (SSSR count). The average molecular weight is 266 g/mol. The van der Waals surface area contributed by atoms with Crippen LogP contribution in [0.5, 0.6) is 5.75 Å². The Morgan fingerprint density at radius 3 is 3.05 bits per heavy atom. The maximum absolute atomic E-state index is 13.6. The lowest BCUT2D eigenvalue weighted by molar-refractivity contribution is 0.0947. The summed E-state index contributed by atoms with van der Waals surface area (Å²) in [5.74, 6) is -0.0959. The summed E-state index contributed by atoms with van der Waals surface area (Å²) in [6, 6.07) is 4.29. The van der Waals surface area contributed by atoms with Gasteiger partial charge in [-0.3, -0.25) is 4.79 Å². The zero-order valence-electron chi connectivity index (χ0n) is 11.0. The summed E-state index contributed by atoms with van der Waals surface area (Å²) in [6.07, 6.45) is 1.07. The Labute approximate surface area is 112 Å². The van der Waals surface area contributed by atoms with Crippen LogP contribution in [0.1, 0.15) is 23.7 Å². The number of rotatable bonds is 5. The number of nitrogens with one attached hydrogen (secondary N) is 2. The molecule has 1 saturated heterocycles. The first-order chi connectivity index (χ1) is 9.20. The van der Waals surface area contributed by atoms with E-state index in [1.807, 2.05) is 0 Å². The Kier molecular flexibility index (Phi) is 4.74. The summed E-state index contributed by atoms with van der Waals surface area (Å²) in [6.45, 7) is 4.74. The van der Waals surface area contributed by atoms with Crippen LogP contribution in [-0.4, -0.2) is 32.1 Å². The molecular formula is C14H19FN2O2. The van der Waals surface area contributed by atoms with Crippen LogP contribution in [0.15, 0.2) is 18.2 Å². The van der Waals surface area contributed by atoms with Crippen molar-refractivity contribution in [2.75, 3.05) is 26.2 Å². The second kappa shape index (κ2) is 6.52. The summed E-state index contributed by atoms with van der Waals surface area (Å²) in [5.41, 5.74) is 0.326. The number of hydrogen-bond donors (Lipinski definition) is 2. The summed E-state index contributed by atoms with van der Waals surface area (Å²) in [5, 5.41) is 6.07. The van der Waals surface area contributed by atoms with Gasteiger partial charge in [0.2, 0.25) is 0 Å². The number of amides is 1. The van der Waals surface area contributed by atoms with Crippen LogP contribution < -0.4 is 15.4 Å². The molecule has 2 N–H and O–H groups in total. The van der Waals surface area contributed by atoms with Crippen LogP contribution >= 0.6 is 0 Å². The van der Waals surface area contributed by atoms with Crippen molar-refractivity contribution in [1.82, 2.24) is 10.6 Å². The first-order valence-electron chi connectivity index (χ1n) is 6.62. The van der Waals surface area contributed by atoms with E-state index in [-0.39, 0.29) is 11.7 Å². The Morgan fingerprint density at radius 1 is 1.58 bits per heavy atom. The molecule has 1 heterocycles. The molecule has 0 bridgehead atoms. The molecule has 1 aliphatic rings. The van der Waals surface area contributed by atoms with Gasteiger partial charge in [0, 0.05) is 12.1 Å². The minimum Gasteiger partial charge on any atom is -0.491 e. The SMILES string of the molecule is CCOc1ccc(C(=O)NCC2CCNC2)cc1F. The normalized spacial score (nSPS) is 18.3. The fourth-order valence-electron chi connectivity index (χ4n) is 2.14. The van der Waals surface area contributed by atoms with Crippen molar-refractivity contribution < 1.29 is 13.9 Å². The molecular weight excluding hydrogens is 247 g/mol. The number of carbonyl (C=O) groups is 1. The zero-order valence-corrected chi connectivity index (χ0v) is 11.0. The standard InChI is InChI=1S/C14H19FN2O2/c1-2-19-13-4-3-11(7-12(13)15)14(18)17-9-10-5-6-16-8-10/h3-4,7,10,16H,2,5-6,8-9H2,1H3,(H,17,18). The topological polar surface area (TPSA) is 50.4 Å². The molecule has 5 heteroatoms. The van der Waals surface area contributed by atoms with Gasteiger partial charge in [-0.05, 0) is 50.6 Å². The van der Waals surface area contributed by atoms with Gasteiger partial charge >= 0.3 is 0 Å². The molecule has 4 nitrogen and oxygen atoms in total. The number of benzene rings is 1. The van der Waals surface area contributed by atoms with Crippen molar-refractivity contribution in [3.05, 3.63) is 29.6 Å². The summed E-state index contributed by atoms with van der Waals surface area (Å²) in [4.78, 5) is 11.9. The molecule has 0 spiro atoms. The largest absolute Gasteiger partial charge is 0.491 e. The molecule has 104 valence electrons. The number of carbonyl (C=O) groups excluding carboxylic acids is 1. The quantitative estimate of drug-likeness (QED) is 0.850. The van der Waals surface area contributed by atoms with E-state index >= 15 is 0 Å². The van der Waals surface area contributed by atoms with Crippen molar-refractivity contribution in [3.8, 4) is 5.75 Å². The number of ether oxygens (including phenoxy) is 1. The fourth-order valence-corrected chi connectivity index (χ4v) is 2.14. The van der Waals surface area contributed by atoms with E-state index < -0.39 is 5.82 Å². The average Bonchev–Trinajstić information content (AvgIpc) is 2.91. The molecule has 1 fully saturated rings. The van der Waals surface area contributed by atoms with Gasteiger partial charge in [-0.25, -0.2) is 4.39 Å². The second-order valence-corrected chi connectivity index (χ2v) is 4.65. The Hall–Kier alpha value is -1.62. The van der Waals surface area contributed by atoms with E-state index in [0.29, 0.717) is 24.6 Å². The maximum atomic E-state index is 13.6. The Morgan fingerprint density at radius 2 is 2.42 bits per heavy atom. The minimum absolute atomic E-state index is 0.180. The maximum Gasteiger partial charge on any atom is 0.251 e. The molecule has 0 aromatic heterocycles. The Bertz CT molecular complexity index is 445. The number of halogens is 1. The predicted octanol–water partition coefficient (Wildman–Crippen LogP) is 1.56. The zero-order chi connectivity index (χ0) is 13.7. The highest BCUT2D eigenvalue weighted by atomic mass is 19.1. The lowest BCUT2D eigenvalue weighted by Gasteiger charge is -2.11. The van der Waals surface area contributed by atoms with Crippen LogP contribution in [0.4, 0.5) is 4.39 Å². The molecule has 1 aliphatic heterocycles. The van der Waals surface area contributed by atoms with Gasteiger partial charge in [-0.15, -0.1) is 0 Å². The van der Waals surface area contributed by atoms with Crippen LogP contribution in [0.3, 0.4) is 0 Å². The molecule has 1 unspecified atom stereocenters. The van der Waals surface area contributed by atoms with E-state index in [9.17, 15) is 9.18 Å². The van der Waals surface area contributed by atoms with Crippen LogP contribution in [0.25, 0.3) is 0 Å². The van der Waals surface area contributed by atoms with E-state index in [1.165, 1.54) is 12.1 Å². The third kappa shape index (κ3) is 3.67. The first-order valence-corrected chi connectivity index (χ1v) is 6.62. The van der Waals surface area contributed by atoms with Crippen molar-refractivity contribution in [3.63, 3.8) is 0 Å². The smallest absolute Gasteiger partial charge is 0.251 e. The third-order valence-electron chi connectivity index (χ3n) is 3.21. The van der Waals surface area contributed by atoms with Gasteiger partial charge < -0.3 is 15.4 Å². The summed E-state index contributed by atoms with van der Waals surface area (Å²) < 4.78 is 18.7.